The zero-order valence-electron chi connectivity index (χ0n) is 13.0. The van der Waals surface area contributed by atoms with Gasteiger partial charge in [-0.3, -0.25) is 0 Å². The van der Waals surface area contributed by atoms with Gasteiger partial charge in [-0.05, 0) is 31.0 Å². The van der Waals surface area contributed by atoms with Crippen LogP contribution in [0.3, 0.4) is 0 Å². The number of carbonyl (C=O) groups excluding carboxylic acids is 1. The quantitative estimate of drug-likeness (QED) is 0.616. The van der Waals surface area contributed by atoms with E-state index >= 15 is 0 Å². The van der Waals surface area contributed by atoms with Crippen molar-refractivity contribution in [2.75, 3.05) is 6.61 Å². The van der Waals surface area contributed by atoms with Gasteiger partial charge in [0.15, 0.2) is 0 Å². The minimum Gasteiger partial charge on any atom is -0.489 e. The summed E-state index contributed by atoms with van der Waals surface area (Å²) in [5.41, 5.74) is 1.77. The number of allylic oxidation sites excluding steroid dienone is 1. The molecule has 22 heavy (non-hydrogen) atoms. The van der Waals surface area contributed by atoms with Crippen LogP contribution in [-0.4, -0.2) is 12.6 Å². The van der Waals surface area contributed by atoms with E-state index in [4.69, 9.17) is 9.47 Å². The summed E-state index contributed by atoms with van der Waals surface area (Å²) in [6.45, 7) is 3.97. The topological polar surface area (TPSA) is 35.5 Å². The Morgan fingerprint density at radius 3 is 2.82 bits per heavy atom. The zero-order valence-corrected chi connectivity index (χ0v) is 13.0. The first kappa shape index (κ1) is 14.6. The van der Waals surface area contributed by atoms with Gasteiger partial charge < -0.3 is 9.47 Å². The number of benzene rings is 2. The summed E-state index contributed by atoms with van der Waals surface area (Å²) >= 11 is 0. The van der Waals surface area contributed by atoms with Crippen molar-refractivity contribution in [3.8, 4) is 0 Å². The SMILES string of the molecule is CCOC(=O)/C(C)=C1/CCC(c2cccc3ccccc23)O1. The molecule has 0 radical (unpaired) electrons. The lowest BCUT2D eigenvalue weighted by molar-refractivity contribution is -0.138. The van der Waals surface area contributed by atoms with Crippen LogP contribution >= 0.6 is 0 Å². The predicted octanol–water partition coefficient (Wildman–Crippen LogP) is 4.53. The van der Waals surface area contributed by atoms with E-state index in [0.717, 1.165) is 18.6 Å². The summed E-state index contributed by atoms with van der Waals surface area (Å²) in [6, 6.07) is 14.6. The van der Waals surface area contributed by atoms with Crippen LogP contribution in [-0.2, 0) is 14.3 Å². The summed E-state index contributed by atoms with van der Waals surface area (Å²) in [7, 11) is 0. The second kappa shape index (κ2) is 6.22. The van der Waals surface area contributed by atoms with Crippen molar-refractivity contribution in [2.45, 2.75) is 32.8 Å². The van der Waals surface area contributed by atoms with E-state index in [-0.39, 0.29) is 12.1 Å². The Balaban J connectivity index is 1.89. The van der Waals surface area contributed by atoms with Gasteiger partial charge in [0, 0.05) is 12.0 Å². The van der Waals surface area contributed by atoms with Crippen molar-refractivity contribution in [3.63, 3.8) is 0 Å². The number of fused-ring (bicyclic) bond motifs is 1. The van der Waals surface area contributed by atoms with Crippen LogP contribution in [0.1, 0.15) is 38.4 Å². The first-order chi connectivity index (χ1) is 10.7. The molecule has 1 atom stereocenters. The Hall–Kier alpha value is -2.29. The Morgan fingerprint density at radius 2 is 2.00 bits per heavy atom. The molecule has 3 heteroatoms. The van der Waals surface area contributed by atoms with Crippen molar-refractivity contribution in [3.05, 3.63) is 59.4 Å². The second-order valence-corrected chi connectivity index (χ2v) is 5.48. The molecule has 2 aromatic carbocycles. The standard InChI is InChI=1S/C19H20O3/c1-3-21-19(20)13(2)17-11-12-18(22-17)16-10-6-8-14-7-4-5-9-15(14)16/h4-10,18H,3,11-12H2,1-2H3/b17-13-. The number of hydrogen-bond acceptors (Lipinski definition) is 3. The molecule has 1 fully saturated rings. The highest BCUT2D eigenvalue weighted by Gasteiger charge is 2.27. The molecule has 1 aliphatic rings. The van der Waals surface area contributed by atoms with Crippen molar-refractivity contribution in [1.29, 1.82) is 0 Å². The van der Waals surface area contributed by atoms with E-state index in [9.17, 15) is 4.79 Å². The van der Waals surface area contributed by atoms with Crippen LogP contribution in [0.2, 0.25) is 0 Å². The molecule has 1 saturated heterocycles. The van der Waals surface area contributed by atoms with Crippen molar-refractivity contribution in [2.24, 2.45) is 0 Å². The normalized spacial score (nSPS) is 19.8. The Labute approximate surface area is 130 Å². The molecule has 0 amide bonds. The number of rotatable bonds is 3. The maximum absolute atomic E-state index is 11.8. The molecular formula is C19H20O3. The minimum absolute atomic E-state index is 0.00507. The maximum Gasteiger partial charge on any atom is 0.337 e. The summed E-state index contributed by atoms with van der Waals surface area (Å²) < 4.78 is 11.1. The third-order valence-electron chi connectivity index (χ3n) is 4.09. The lowest BCUT2D eigenvalue weighted by Gasteiger charge is -2.14. The molecule has 3 nitrogen and oxygen atoms in total. The molecule has 1 unspecified atom stereocenters. The van der Waals surface area contributed by atoms with Gasteiger partial charge in [0.2, 0.25) is 0 Å². The van der Waals surface area contributed by atoms with Gasteiger partial charge >= 0.3 is 5.97 Å². The first-order valence-electron chi connectivity index (χ1n) is 7.72. The molecule has 0 spiro atoms. The maximum atomic E-state index is 11.8. The highest BCUT2D eigenvalue weighted by molar-refractivity contribution is 5.88. The van der Waals surface area contributed by atoms with E-state index < -0.39 is 0 Å². The van der Waals surface area contributed by atoms with Crippen LogP contribution in [0.15, 0.2) is 53.8 Å². The second-order valence-electron chi connectivity index (χ2n) is 5.48. The summed E-state index contributed by atoms with van der Waals surface area (Å²) in [5, 5.41) is 2.42. The molecule has 0 aliphatic carbocycles. The Bertz CT molecular complexity index is 725. The van der Waals surface area contributed by atoms with E-state index in [1.165, 1.54) is 16.3 Å². The van der Waals surface area contributed by atoms with E-state index in [1.54, 1.807) is 6.92 Å². The molecule has 0 saturated carbocycles. The Morgan fingerprint density at radius 1 is 1.23 bits per heavy atom. The number of ether oxygens (including phenoxy) is 2. The molecule has 114 valence electrons. The monoisotopic (exact) mass is 296 g/mol. The molecule has 0 bridgehead atoms. The average molecular weight is 296 g/mol. The van der Waals surface area contributed by atoms with Gasteiger partial charge in [0.25, 0.3) is 0 Å². The summed E-state index contributed by atoms with van der Waals surface area (Å²) in [6.07, 6.45) is 1.67. The summed E-state index contributed by atoms with van der Waals surface area (Å²) in [4.78, 5) is 11.8. The highest BCUT2D eigenvalue weighted by atomic mass is 16.5. The molecule has 3 rings (SSSR count). The van der Waals surface area contributed by atoms with Crippen molar-refractivity contribution in [1.82, 2.24) is 0 Å². The van der Waals surface area contributed by atoms with Crippen LogP contribution in [0, 0.1) is 0 Å². The molecule has 1 heterocycles. The van der Waals surface area contributed by atoms with Gasteiger partial charge in [-0.1, -0.05) is 42.5 Å². The van der Waals surface area contributed by atoms with Gasteiger partial charge in [-0.15, -0.1) is 0 Å². The van der Waals surface area contributed by atoms with Crippen LogP contribution in [0.25, 0.3) is 10.8 Å². The Kier molecular flexibility index (Phi) is 4.14. The third kappa shape index (κ3) is 2.71. The number of hydrogen-bond donors (Lipinski definition) is 0. The zero-order chi connectivity index (χ0) is 15.5. The molecule has 2 aromatic rings. The minimum atomic E-state index is -0.281. The fourth-order valence-electron chi connectivity index (χ4n) is 2.93. The van der Waals surface area contributed by atoms with Crippen molar-refractivity contribution < 1.29 is 14.3 Å². The van der Waals surface area contributed by atoms with Crippen LogP contribution < -0.4 is 0 Å². The van der Waals surface area contributed by atoms with Crippen LogP contribution in [0.5, 0.6) is 0 Å². The highest BCUT2D eigenvalue weighted by Crippen LogP contribution is 2.39. The van der Waals surface area contributed by atoms with E-state index in [2.05, 4.69) is 30.3 Å². The predicted molar refractivity (Wildman–Crippen MR) is 86.3 cm³/mol. The molecule has 1 aliphatic heterocycles. The van der Waals surface area contributed by atoms with Gasteiger partial charge in [0.1, 0.15) is 11.9 Å². The molecule has 0 aromatic heterocycles. The molecule has 0 N–H and O–H groups in total. The van der Waals surface area contributed by atoms with Crippen LogP contribution in [0.4, 0.5) is 0 Å². The lowest BCUT2D eigenvalue weighted by Crippen LogP contribution is -2.08. The van der Waals surface area contributed by atoms with Gasteiger partial charge in [-0.25, -0.2) is 4.79 Å². The lowest BCUT2D eigenvalue weighted by atomic mass is 9.99. The largest absolute Gasteiger partial charge is 0.489 e. The third-order valence-corrected chi connectivity index (χ3v) is 4.09. The van der Waals surface area contributed by atoms with Gasteiger partial charge in [-0.2, -0.15) is 0 Å². The van der Waals surface area contributed by atoms with E-state index in [1.807, 2.05) is 19.1 Å². The first-order valence-corrected chi connectivity index (χ1v) is 7.72. The average Bonchev–Trinajstić information content (AvgIpc) is 3.03. The summed E-state index contributed by atoms with van der Waals surface area (Å²) in [5.74, 6) is 0.479. The smallest absolute Gasteiger partial charge is 0.337 e. The fourth-order valence-corrected chi connectivity index (χ4v) is 2.93. The number of carbonyl (C=O) groups is 1. The van der Waals surface area contributed by atoms with E-state index in [0.29, 0.717) is 12.2 Å². The van der Waals surface area contributed by atoms with Crippen molar-refractivity contribution >= 4 is 16.7 Å². The fraction of sp³-hybridized carbons (Fsp3) is 0.316. The molecular weight excluding hydrogens is 276 g/mol. The number of esters is 1. The van der Waals surface area contributed by atoms with Gasteiger partial charge in [0.05, 0.1) is 12.2 Å².